The number of nitrogens with one attached hydrogen (secondary N) is 1. The SMILES string of the molecule is CN(C)c1nc2ncn(C)c2c(=O)[nH]1. The first-order valence-corrected chi connectivity index (χ1v) is 4.18. The maximum atomic E-state index is 11.6. The van der Waals surface area contributed by atoms with Crippen molar-refractivity contribution < 1.29 is 0 Å². The molecule has 0 amide bonds. The molecular formula is C8H11N5O. The molecule has 2 heterocycles. The number of aromatic amines is 1. The second kappa shape index (κ2) is 2.83. The average molecular weight is 193 g/mol. The summed E-state index contributed by atoms with van der Waals surface area (Å²) >= 11 is 0. The Morgan fingerprint density at radius 1 is 1.50 bits per heavy atom. The van der Waals surface area contributed by atoms with E-state index in [2.05, 4.69) is 15.0 Å². The molecule has 0 aliphatic heterocycles. The van der Waals surface area contributed by atoms with E-state index in [0.29, 0.717) is 17.1 Å². The van der Waals surface area contributed by atoms with Gasteiger partial charge in [0.15, 0.2) is 11.2 Å². The Bertz CT molecular complexity index is 524. The number of anilines is 1. The summed E-state index contributed by atoms with van der Waals surface area (Å²) in [5, 5.41) is 0. The van der Waals surface area contributed by atoms with Gasteiger partial charge >= 0.3 is 0 Å². The van der Waals surface area contributed by atoms with Crippen molar-refractivity contribution in [1.29, 1.82) is 0 Å². The molecule has 0 aliphatic carbocycles. The molecule has 0 spiro atoms. The second-order valence-electron chi connectivity index (χ2n) is 3.31. The summed E-state index contributed by atoms with van der Waals surface area (Å²) in [6.45, 7) is 0. The third-order valence-electron chi connectivity index (χ3n) is 1.99. The molecule has 0 bridgehead atoms. The lowest BCUT2D eigenvalue weighted by Gasteiger charge is -2.09. The second-order valence-corrected chi connectivity index (χ2v) is 3.31. The number of aryl methyl sites for hydroxylation is 1. The molecule has 6 nitrogen and oxygen atoms in total. The predicted octanol–water partition coefficient (Wildman–Crippen LogP) is -0.277. The van der Waals surface area contributed by atoms with Crippen molar-refractivity contribution in [1.82, 2.24) is 19.5 Å². The molecule has 0 fully saturated rings. The summed E-state index contributed by atoms with van der Waals surface area (Å²) in [4.78, 5) is 24.2. The minimum absolute atomic E-state index is 0.168. The number of aromatic nitrogens is 4. The van der Waals surface area contributed by atoms with Gasteiger partial charge < -0.3 is 9.47 Å². The Balaban J connectivity index is 2.81. The fourth-order valence-corrected chi connectivity index (χ4v) is 1.26. The Kier molecular flexibility index (Phi) is 1.77. The summed E-state index contributed by atoms with van der Waals surface area (Å²) in [6, 6.07) is 0. The number of H-pyrrole nitrogens is 1. The summed E-state index contributed by atoms with van der Waals surface area (Å²) in [5.41, 5.74) is 0.800. The van der Waals surface area contributed by atoms with Crippen LogP contribution in [-0.4, -0.2) is 33.6 Å². The molecule has 0 aromatic carbocycles. The third-order valence-corrected chi connectivity index (χ3v) is 1.99. The molecule has 0 radical (unpaired) electrons. The summed E-state index contributed by atoms with van der Waals surface area (Å²) in [7, 11) is 5.39. The Hall–Kier alpha value is -1.85. The van der Waals surface area contributed by atoms with Gasteiger partial charge in [0.05, 0.1) is 6.33 Å². The van der Waals surface area contributed by atoms with Gasteiger partial charge in [-0.3, -0.25) is 9.78 Å². The molecule has 2 rings (SSSR count). The van der Waals surface area contributed by atoms with Crippen molar-refractivity contribution in [3.8, 4) is 0 Å². The minimum atomic E-state index is -0.168. The van der Waals surface area contributed by atoms with E-state index in [1.54, 1.807) is 22.8 Å². The van der Waals surface area contributed by atoms with Crippen LogP contribution in [0.5, 0.6) is 0 Å². The van der Waals surface area contributed by atoms with Crippen LogP contribution in [0.25, 0.3) is 11.2 Å². The number of rotatable bonds is 1. The monoisotopic (exact) mass is 193 g/mol. The van der Waals surface area contributed by atoms with Crippen molar-refractivity contribution in [2.24, 2.45) is 7.05 Å². The zero-order chi connectivity index (χ0) is 10.3. The predicted molar refractivity (Wildman–Crippen MR) is 53.5 cm³/mol. The maximum absolute atomic E-state index is 11.6. The first-order valence-electron chi connectivity index (χ1n) is 4.18. The van der Waals surface area contributed by atoms with Gasteiger partial charge in [-0.2, -0.15) is 4.98 Å². The van der Waals surface area contributed by atoms with Crippen molar-refractivity contribution in [2.75, 3.05) is 19.0 Å². The normalized spacial score (nSPS) is 10.8. The van der Waals surface area contributed by atoms with Crippen LogP contribution >= 0.6 is 0 Å². The molecule has 0 unspecified atom stereocenters. The van der Waals surface area contributed by atoms with Crippen LogP contribution in [0.3, 0.4) is 0 Å². The zero-order valence-corrected chi connectivity index (χ0v) is 8.27. The Morgan fingerprint density at radius 2 is 2.21 bits per heavy atom. The first kappa shape index (κ1) is 8.74. The molecule has 6 heteroatoms. The maximum Gasteiger partial charge on any atom is 0.278 e. The van der Waals surface area contributed by atoms with Gasteiger partial charge in [-0.15, -0.1) is 0 Å². The largest absolute Gasteiger partial charge is 0.348 e. The van der Waals surface area contributed by atoms with Crippen LogP contribution in [0, 0.1) is 0 Å². The van der Waals surface area contributed by atoms with Gasteiger partial charge in [-0.25, -0.2) is 4.98 Å². The molecule has 0 saturated carbocycles. The number of hydrogen-bond acceptors (Lipinski definition) is 4. The van der Waals surface area contributed by atoms with Gasteiger partial charge in [0, 0.05) is 21.1 Å². The van der Waals surface area contributed by atoms with Gasteiger partial charge in [0.1, 0.15) is 0 Å². The highest BCUT2D eigenvalue weighted by Gasteiger charge is 2.08. The lowest BCUT2D eigenvalue weighted by atomic mass is 10.5. The van der Waals surface area contributed by atoms with Crippen molar-refractivity contribution in [3.63, 3.8) is 0 Å². The Labute approximate surface area is 80.2 Å². The molecule has 0 atom stereocenters. The van der Waals surface area contributed by atoms with Crippen LogP contribution in [0.1, 0.15) is 0 Å². The van der Waals surface area contributed by atoms with E-state index in [1.807, 2.05) is 14.1 Å². The van der Waals surface area contributed by atoms with E-state index in [0.717, 1.165) is 0 Å². The van der Waals surface area contributed by atoms with Crippen molar-refractivity contribution in [3.05, 3.63) is 16.7 Å². The number of fused-ring (bicyclic) bond motifs is 1. The van der Waals surface area contributed by atoms with Crippen molar-refractivity contribution in [2.45, 2.75) is 0 Å². The smallest absolute Gasteiger partial charge is 0.278 e. The van der Waals surface area contributed by atoms with Gasteiger partial charge in [-0.1, -0.05) is 0 Å². The highest BCUT2D eigenvalue weighted by atomic mass is 16.1. The van der Waals surface area contributed by atoms with Crippen LogP contribution in [0.15, 0.2) is 11.1 Å². The number of nitrogens with zero attached hydrogens (tertiary/aromatic N) is 4. The number of imidazole rings is 1. The lowest BCUT2D eigenvalue weighted by molar-refractivity contribution is 0.933. The zero-order valence-electron chi connectivity index (χ0n) is 8.27. The van der Waals surface area contributed by atoms with Crippen LogP contribution in [-0.2, 0) is 7.05 Å². The molecule has 2 aromatic heterocycles. The minimum Gasteiger partial charge on any atom is -0.348 e. The summed E-state index contributed by atoms with van der Waals surface area (Å²) in [5.74, 6) is 0.515. The van der Waals surface area contributed by atoms with Gasteiger partial charge in [0.25, 0.3) is 5.56 Å². The molecule has 1 N–H and O–H groups in total. The molecule has 0 aliphatic rings. The first-order chi connectivity index (χ1) is 6.59. The molecule has 74 valence electrons. The quantitative estimate of drug-likeness (QED) is 0.676. The van der Waals surface area contributed by atoms with Crippen LogP contribution in [0.2, 0.25) is 0 Å². The fraction of sp³-hybridized carbons (Fsp3) is 0.375. The summed E-state index contributed by atoms with van der Waals surface area (Å²) in [6.07, 6.45) is 1.58. The van der Waals surface area contributed by atoms with E-state index in [-0.39, 0.29) is 5.56 Å². The average Bonchev–Trinajstić information content (AvgIpc) is 2.48. The Morgan fingerprint density at radius 3 is 2.86 bits per heavy atom. The molecule has 0 saturated heterocycles. The van der Waals surface area contributed by atoms with Gasteiger partial charge in [0.2, 0.25) is 5.95 Å². The van der Waals surface area contributed by atoms with E-state index >= 15 is 0 Å². The van der Waals surface area contributed by atoms with E-state index < -0.39 is 0 Å². The lowest BCUT2D eigenvalue weighted by Crippen LogP contribution is -2.19. The standard InChI is InChI=1S/C8H11N5O/c1-12(2)8-10-6-5(7(14)11-8)13(3)4-9-6/h4H,1-3H3,(H,10,11,14). The third kappa shape index (κ3) is 1.15. The molecule has 2 aromatic rings. The van der Waals surface area contributed by atoms with E-state index in [4.69, 9.17) is 0 Å². The topological polar surface area (TPSA) is 66.8 Å². The van der Waals surface area contributed by atoms with Gasteiger partial charge in [-0.05, 0) is 0 Å². The van der Waals surface area contributed by atoms with E-state index in [9.17, 15) is 4.79 Å². The fourth-order valence-electron chi connectivity index (χ4n) is 1.26. The van der Waals surface area contributed by atoms with Crippen LogP contribution < -0.4 is 10.5 Å². The highest BCUT2D eigenvalue weighted by Crippen LogP contribution is 2.06. The summed E-state index contributed by atoms with van der Waals surface area (Å²) < 4.78 is 1.65. The molecule has 14 heavy (non-hydrogen) atoms. The van der Waals surface area contributed by atoms with Crippen molar-refractivity contribution >= 4 is 17.1 Å². The number of hydrogen-bond donors (Lipinski definition) is 1. The van der Waals surface area contributed by atoms with Crippen LogP contribution in [0.4, 0.5) is 5.95 Å². The highest BCUT2D eigenvalue weighted by molar-refractivity contribution is 5.70. The molecular weight excluding hydrogens is 182 g/mol. The van der Waals surface area contributed by atoms with E-state index in [1.165, 1.54) is 0 Å².